The number of rotatable bonds is 5. The van der Waals surface area contributed by atoms with Crippen LogP contribution in [0.3, 0.4) is 0 Å². The first-order valence-corrected chi connectivity index (χ1v) is 8.53. The van der Waals surface area contributed by atoms with E-state index in [1.807, 2.05) is 43.3 Å². The normalized spacial score (nSPS) is 35.2. The second-order valence-electron chi connectivity index (χ2n) is 7.27. The van der Waals surface area contributed by atoms with Crippen LogP contribution in [0.25, 0.3) is 0 Å². The summed E-state index contributed by atoms with van der Waals surface area (Å²) in [6.45, 7) is 6.37. The van der Waals surface area contributed by atoms with Gasteiger partial charge in [0.05, 0.1) is 18.1 Å². The Hall–Kier alpha value is -2.40. The third-order valence-electron chi connectivity index (χ3n) is 5.55. The Morgan fingerprint density at radius 1 is 1.36 bits per heavy atom. The fourth-order valence-electron chi connectivity index (χ4n) is 4.57. The number of hydrogen-bond donors (Lipinski definition) is 1. The first kappa shape index (κ1) is 16.1. The van der Waals surface area contributed by atoms with E-state index in [0.717, 1.165) is 11.1 Å². The van der Waals surface area contributed by atoms with Gasteiger partial charge >= 0.3 is 5.97 Å². The molecule has 4 rings (SSSR count). The molecule has 3 heterocycles. The third kappa shape index (κ3) is 2.26. The van der Waals surface area contributed by atoms with Crippen molar-refractivity contribution in [1.29, 1.82) is 0 Å². The van der Waals surface area contributed by atoms with Crippen LogP contribution in [0.1, 0.15) is 18.9 Å². The Kier molecular flexibility index (Phi) is 3.58. The highest BCUT2D eigenvalue weighted by Gasteiger charge is 2.70. The van der Waals surface area contributed by atoms with Gasteiger partial charge in [-0.3, -0.25) is 9.59 Å². The van der Waals surface area contributed by atoms with E-state index in [1.165, 1.54) is 0 Å². The van der Waals surface area contributed by atoms with Crippen LogP contribution in [0.5, 0.6) is 0 Å². The number of nitrogens with zero attached hydrogens (tertiary/aromatic N) is 1. The van der Waals surface area contributed by atoms with E-state index in [-0.39, 0.29) is 11.9 Å². The van der Waals surface area contributed by atoms with E-state index < -0.39 is 29.5 Å². The van der Waals surface area contributed by atoms with E-state index in [1.54, 1.807) is 11.0 Å². The van der Waals surface area contributed by atoms with Gasteiger partial charge in [0.2, 0.25) is 5.91 Å². The van der Waals surface area contributed by atoms with Crippen molar-refractivity contribution < 1.29 is 19.4 Å². The van der Waals surface area contributed by atoms with Crippen LogP contribution in [-0.4, -0.2) is 39.6 Å². The molecular formula is C20H21NO4. The van der Waals surface area contributed by atoms with Gasteiger partial charge < -0.3 is 14.7 Å². The Morgan fingerprint density at radius 3 is 2.72 bits per heavy atom. The van der Waals surface area contributed by atoms with Crippen LogP contribution >= 0.6 is 0 Å². The monoisotopic (exact) mass is 339 g/mol. The number of carbonyl (C=O) groups is 2. The van der Waals surface area contributed by atoms with E-state index in [4.69, 9.17) is 4.74 Å². The molecule has 2 bridgehead atoms. The Bertz CT molecular complexity index is 771. The van der Waals surface area contributed by atoms with Crippen molar-refractivity contribution in [2.75, 3.05) is 0 Å². The van der Waals surface area contributed by atoms with Crippen molar-refractivity contribution in [1.82, 2.24) is 4.90 Å². The van der Waals surface area contributed by atoms with Crippen LogP contribution in [0.4, 0.5) is 0 Å². The molecule has 0 aliphatic carbocycles. The van der Waals surface area contributed by atoms with Crippen LogP contribution in [0.2, 0.25) is 0 Å². The summed E-state index contributed by atoms with van der Waals surface area (Å²) in [6, 6.07) is 9.52. The average Bonchev–Trinajstić information content (AvgIpc) is 3.20. The summed E-state index contributed by atoms with van der Waals surface area (Å²) in [7, 11) is 0. The van der Waals surface area contributed by atoms with Crippen molar-refractivity contribution in [3.8, 4) is 0 Å². The summed E-state index contributed by atoms with van der Waals surface area (Å²) >= 11 is 0. The van der Waals surface area contributed by atoms with Crippen LogP contribution in [0.15, 0.2) is 54.6 Å². The lowest BCUT2D eigenvalue weighted by atomic mass is 9.74. The van der Waals surface area contributed by atoms with Crippen molar-refractivity contribution in [3.05, 3.63) is 60.2 Å². The molecule has 5 nitrogen and oxygen atoms in total. The number of hydrogen-bond acceptors (Lipinski definition) is 3. The highest BCUT2D eigenvalue weighted by molar-refractivity contribution is 5.91. The fourth-order valence-corrected chi connectivity index (χ4v) is 4.57. The predicted octanol–water partition coefficient (Wildman–Crippen LogP) is 2.39. The maximum atomic E-state index is 13.2. The lowest BCUT2D eigenvalue weighted by Crippen LogP contribution is -2.45. The number of ether oxygens (including phenoxy) is 1. The molecule has 1 amide bonds. The number of carbonyl (C=O) groups excluding carboxylic acids is 1. The van der Waals surface area contributed by atoms with Gasteiger partial charge in [-0.05, 0) is 18.9 Å². The number of fused-ring (bicyclic) bond motifs is 1. The molecular weight excluding hydrogens is 318 g/mol. The molecule has 0 radical (unpaired) electrons. The quantitative estimate of drug-likeness (QED) is 0.837. The van der Waals surface area contributed by atoms with Gasteiger partial charge in [0.15, 0.2) is 0 Å². The Morgan fingerprint density at radius 2 is 2.08 bits per heavy atom. The molecule has 0 aromatic heterocycles. The maximum absolute atomic E-state index is 13.2. The number of amides is 1. The molecule has 5 heteroatoms. The summed E-state index contributed by atoms with van der Waals surface area (Å²) in [4.78, 5) is 26.8. The van der Waals surface area contributed by atoms with Crippen molar-refractivity contribution in [3.63, 3.8) is 0 Å². The molecule has 1 spiro atoms. The smallest absolute Gasteiger partial charge is 0.310 e. The SMILES string of the molecule is C=C(C)C[C@H]1N(Cc2ccccc2)C(=O)[C@@H]2[C@H](C(=O)O)[C@@H]3C=C[C@]21O3. The van der Waals surface area contributed by atoms with E-state index in [9.17, 15) is 14.7 Å². The molecule has 1 N–H and O–H groups in total. The first-order chi connectivity index (χ1) is 11.9. The van der Waals surface area contributed by atoms with Crippen LogP contribution in [-0.2, 0) is 20.9 Å². The zero-order chi connectivity index (χ0) is 17.8. The standard InChI is InChI=1S/C20H21NO4/c1-12(2)10-15-20-9-8-14(25-20)16(19(23)24)17(20)18(22)21(15)11-13-6-4-3-5-7-13/h3-9,14-17H,1,10-11H2,2H3,(H,23,24)/t14-,15+,16+,17-,20+/m0/s1. The molecule has 0 saturated carbocycles. The van der Waals surface area contributed by atoms with Gasteiger partial charge in [-0.25, -0.2) is 0 Å². The number of carboxylic acid groups (broad SMARTS) is 1. The summed E-state index contributed by atoms with van der Waals surface area (Å²) in [5.41, 5.74) is 1.12. The Balaban J connectivity index is 1.74. The highest BCUT2D eigenvalue weighted by Crippen LogP contribution is 2.56. The number of likely N-dealkylation sites (tertiary alicyclic amines) is 1. The average molecular weight is 339 g/mol. The minimum absolute atomic E-state index is 0.130. The molecule has 1 aromatic rings. The first-order valence-electron chi connectivity index (χ1n) is 8.53. The van der Waals surface area contributed by atoms with Crippen LogP contribution < -0.4 is 0 Å². The molecule has 2 saturated heterocycles. The van der Waals surface area contributed by atoms with Gasteiger partial charge in [-0.15, -0.1) is 6.58 Å². The zero-order valence-corrected chi connectivity index (χ0v) is 14.1. The van der Waals surface area contributed by atoms with Gasteiger partial charge in [-0.1, -0.05) is 48.1 Å². The molecule has 3 aliphatic heterocycles. The zero-order valence-electron chi connectivity index (χ0n) is 14.1. The fraction of sp³-hybridized carbons (Fsp3) is 0.400. The molecule has 3 aliphatic rings. The van der Waals surface area contributed by atoms with E-state index >= 15 is 0 Å². The summed E-state index contributed by atoms with van der Waals surface area (Å²) in [5, 5.41) is 9.64. The van der Waals surface area contributed by atoms with Gasteiger partial charge in [0, 0.05) is 6.54 Å². The van der Waals surface area contributed by atoms with Crippen molar-refractivity contribution in [2.24, 2.45) is 11.8 Å². The number of carboxylic acids is 1. The van der Waals surface area contributed by atoms with Gasteiger partial charge in [0.25, 0.3) is 0 Å². The van der Waals surface area contributed by atoms with Crippen molar-refractivity contribution in [2.45, 2.75) is 37.6 Å². The van der Waals surface area contributed by atoms with Gasteiger partial charge in [-0.2, -0.15) is 0 Å². The second-order valence-corrected chi connectivity index (χ2v) is 7.27. The summed E-state index contributed by atoms with van der Waals surface area (Å²) in [6.07, 6.45) is 3.80. The van der Waals surface area contributed by atoms with Gasteiger partial charge in [0.1, 0.15) is 11.5 Å². The highest BCUT2D eigenvalue weighted by atomic mass is 16.5. The summed E-state index contributed by atoms with van der Waals surface area (Å²) in [5.74, 6) is -2.57. The largest absolute Gasteiger partial charge is 0.481 e. The van der Waals surface area contributed by atoms with Crippen LogP contribution in [0, 0.1) is 11.8 Å². The molecule has 0 unspecified atom stereocenters. The summed E-state index contributed by atoms with van der Waals surface area (Å²) < 4.78 is 6.11. The Labute approximate surface area is 146 Å². The molecule has 25 heavy (non-hydrogen) atoms. The molecule has 1 aromatic carbocycles. The minimum atomic E-state index is -0.967. The number of benzene rings is 1. The second kappa shape index (κ2) is 5.56. The number of aliphatic carboxylic acids is 1. The molecule has 5 atom stereocenters. The van der Waals surface area contributed by atoms with Crippen molar-refractivity contribution >= 4 is 11.9 Å². The topological polar surface area (TPSA) is 66.8 Å². The lowest BCUT2D eigenvalue weighted by Gasteiger charge is -2.33. The predicted molar refractivity (Wildman–Crippen MR) is 91.6 cm³/mol. The lowest BCUT2D eigenvalue weighted by molar-refractivity contribution is -0.148. The maximum Gasteiger partial charge on any atom is 0.310 e. The molecule has 130 valence electrons. The van der Waals surface area contributed by atoms with E-state index in [0.29, 0.717) is 13.0 Å². The minimum Gasteiger partial charge on any atom is -0.481 e. The molecule has 2 fully saturated rings. The third-order valence-corrected chi connectivity index (χ3v) is 5.55. The van der Waals surface area contributed by atoms with E-state index in [2.05, 4.69) is 6.58 Å².